The van der Waals surface area contributed by atoms with Gasteiger partial charge in [0, 0.05) is 11.9 Å². The molecule has 1 saturated heterocycles. The zero-order valence-corrected chi connectivity index (χ0v) is 31.4. The summed E-state index contributed by atoms with van der Waals surface area (Å²) in [6, 6.07) is 32.2. The second-order valence-corrected chi connectivity index (χ2v) is 15.0. The van der Waals surface area contributed by atoms with Crippen molar-refractivity contribution in [1.82, 2.24) is 19.6 Å². The van der Waals surface area contributed by atoms with Gasteiger partial charge in [-0.3, -0.25) is 14.5 Å². The van der Waals surface area contributed by atoms with Crippen molar-refractivity contribution in [3.05, 3.63) is 149 Å². The van der Waals surface area contributed by atoms with Gasteiger partial charge in [-0.15, -0.1) is 10.2 Å². The molecule has 10 nitrogen and oxygen atoms in total. The number of carbonyl (C=O) groups excluding carboxylic acids is 2. The molecule has 3 aromatic heterocycles. The molecular weight excluding hydrogens is 719 g/mol. The number of fused-ring (bicyclic) bond motifs is 2. The number of aliphatic hydroxyl groups excluding tert-OH is 1. The van der Waals surface area contributed by atoms with Crippen LogP contribution < -0.4 is 14.4 Å². The molecular formula is C42H35N5O5S2. The number of aromatic nitrogens is 4. The zero-order chi connectivity index (χ0) is 37.3. The molecule has 4 aromatic carbocycles. The molecule has 4 heterocycles. The van der Waals surface area contributed by atoms with E-state index in [0.29, 0.717) is 51.7 Å². The molecule has 0 spiro atoms. The number of rotatable bonds is 11. The Hall–Kier alpha value is -5.98. The maximum absolute atomic E-state index is 14.1. The number of imidazole rings is 1. The van der Waals surface area contributed by atoms with Gasteiger partial charge < -0.3 is 19.0 Å². The number of benzene rings is 4. The first-order valence-corrected chi connectivity index (χ1v) is 19.2. The predicted molar refractivity (Wildman–Crippen MR) is 211 cm³/mol. The lowest BCUT2D eigenvalue weighted by molar-refractivity contribution is -0.132. The minimum absolute atomic E-state index is 0.107. The quantitative estimate of drug-likeness (QED) is 0.0454. The molecule has 1 atom stereocenters. The Morgan fingerprint density at radius 1 is 0.889 bits per heavy atom. The van der Waals surface area contributed by atoms with Crippen LogP contribution in [0.5, 0.6) is 11.5 Å². The van der Waals surface area contributed by atoms with Gasteiger partial charge in [0.2, 0.25) is 5.13 Å². The van der Waals surface area contributed by atoms with Crippen molar-refractivity contribution in [3.63, 3.8) is 0 Å². The number of hydrogen-bond donors (Lipinski definition) is 1. The van der Waals surface area contributed by atoms with Crippen LogP contribution in [0, 0.1) is 13.8 Å². The van der Waals surface area contributed by atoms with E-state index < -0.39 is 17.7 Å². The molecule has 1 unspecified atom stereocenters. The molecule has 7 aromatic rings. The van der Waals surface area contributed by atoms with Crippen molar-refractivity contribution in [3.8, 4) is 11.5 Å². The van der Waals surface area contributed by atoms with Crippen LogP contribution in [0.3, 0.4) is 0 Å². The topological polar surface area (TPSA) is 119 Å². The molecule has 1 fully saturated rings. The van der Waals surface area contributed by atoms with E-state index in [9.17, 15) is 14.7 Å². The lowest BCUT2D eigenvalue weighted by Gasteiger charge is -2.23. The fourth-order valence-corrected chi connectivity index (χ4v) is 8.62. The van der Waals surface area contributed by atoms with Crippen LogP contribution in [0.25, 0.3) is 22.2 Å². The van der Waals surface area contributed by atoms with Crippen LogP contribution in [-0.4, -0.2) is 43.0 Å². The molecule has 54 heavy (non-hydrogen) atoms. The van der Waals surface area contributed by atoms with E-state index >= 15 is 0 Å². The molecule has 1 aliphatic rings. The molecule has 0 bridgehead atoms. The molecule has 270 valence electrons. The second kappa shape index (κ2) is 14.8. The first kappa shape index (κ1) is 35.1. The zero-order valence-electron chi connectivity index (χ0n) is 29.7. The van der Waals surface area contributed by atoms with Gasteiger partial charge in [0.05, 0.1) is 23.9 Å². The normalized spacial score (nSPS) is 15.4. The van der Waals surface area contributed by atoms with Crippen LogP contribution in [0.1, 0.15) is 46.6 Å². The monoisotopic (exact) mass is 753 g/mol. The average molecular weight is 754 g/mol. The lowest BCUT2D eigenvalue weighted by Crippen LogP contribution is -2.29. The van der Waals surface area contributed by atoms with Crippen LogP contribution in [0.2, 0.25) is 0 Å². The molecule has 1 N–H and O–H groups in total. The van der Waals surface area contributed by atoms with E-state index in [2.05, 4.69) is 34.5 Å². The van der Waals surface area contributed by atoms with Crippen LogP contribution in [0.4, 0.5) is 5.13 Å². The van der Waals surface area contributed by atoms with Gasteiger partial charge >= 0.3 is 5.91 Å². The standard InChI is InChI=1S/C42H35N5O5S2/c1-4-51-33-22-29(19-20-32(33)52-23-27-13-6-5-7-14-27)36-34(37(48)35-26(3)46-21-11-12-25(2)39(46)43-35)38(49)40(50)47(36)41-44-45-42(54-41)53-24-30-17-10-16-28-15-8-9-18-31(28)30/h5-22,36,48H,4,23-24H2,1-3H3/b37-34+. The number of anilines is 1. The van der Waals surface area contributed by atoms with Gasteiger partial charge in [0.1, 0.15) is 17.9 Å². The van der Waals surface area contributed by atoms with E-state index in [0.717, 1.165) is 27.5 Å². The summed E-state index contributed by atoms with van der Waals surface area (Å²) < 4.78 is 14.7. The largest absolute Gasteiger partial charge is 0.505 e. The number of aliphatic hydroxyl groups is 1. The predicted octanol–water partition coefficient (Wildman–Crippen LogP) is 8.85. The van der Waals surface area contributed by atoms with E-state index in [1.807, 2.05) is 92.0 Å². The number of Topliss-reactive ketones (excluding diaryl/α,β-unsaturated/α-hetero) is 1. The van der Waals surface area contributed by atoms with Gasteiger partial charge in [-0.25, -0.2) is 4.98 Å². The third kappa shape index (κ3) is 6.48. The molecule has 0 radical (unpaired) electrons. The number of ether oxygens (including phenoxy) is 2. The number of amides is 1. The molecule has 1 aliphatic heterocycles. The number of nitrogens with zero attached hydrogens (tertiary/aromatic N) is 5. The Kier molecular flexibility index (Phi) is 9.61. The molecule has 0 aliphatic carbocycles. The summed E-state index contributed by atoms with van der Waals surface area (Å²) in [5.41, 5.74) is 4.91. The highest BCUT2D eigenvalue weighted by molar-refractivity contribution is 8.00. The van der Waals surface area contributed by atoms with E-state index in [-0.39, 0.29) is 22.2 Å². The van der Waals surface area contributed by atoms with Crippen LogP contribution >= 0.6 is 23.1 Å². The SMILES string of the molecule is CCOc1cc(C2/C(=C(\O)c3nc4c(C)cccn4c3C)C(=O)C(=O)N2c2nnc(SCc3cccc4ccccc34)s2)ccc1OCc1ccccc1. The van der Waals surface area contributed by atoms with Crippen LogP contribution in [0.15, 0.2) is 119 Å². The van der Waals surface area contributed by atoms with Crippen molar-refractivity contribution in [2.75, 3.05) is 11.5 Å². The highest BCUT2D eigenvalue weighted by atomic mass is 32.2. The summed E-state index contributed by atoms with van der Waals surface area (Å²) >= 11 is 2.72. The number of aryl methyl sites for hydroxylation is 2. The van der Waals surface area contributed by atoms with E-state index in [4.69, 9.17) is 14.5 Å². The van der Waals surface area contributed by atoms with Crippen molar-refractivity contribution in [2.45, 2.75) is 43.5 Å². The number of pyridine rings is 1. The number of thioether (sulfide) groups is 1. The Morgan fingerprint density at radius 3 is 2.50 bits per heavy atom. The van der Waals surface area contributed by atoms with Crippen molar-refractivity contribution < 1.29 is 24.2 Å². The summed E-state index contributed by atoms with van der Waals surface area (Å²) in [5.74, 6) is -0.501. The Balaban J connectivity index is 1.20. The van der Waals surface area contributed by atoms with E-state index in [1.165, 1.54) is 28.0 Å². The van der Waals surface area contributed by atoms with Crippen molar-refractivity contribution in [2.24, 2.45) is 0 Å². The second-order valence-electron chi connectivity index (χ2n) is 12.8. The van der Waals surface area contributed by atoms with Gasteiger partial charge in [-0.2, -0.15) is 0 Å². The van der Waals surface area contributed by atoms with E-state index in [1.54, 1.807) is 18.2 Å². The smallest absolute Gasteiger partial charge is 0.301 e. The first-order valence-electron chi connectivity index (χ1n) is 17.4. The molecule has 12 heteroatoms. The maximum atomic E-state index is 14.1. The lowest BCUT2D eigenvalue weighted by atomic mass is 9.96. The Labute approximate surface area is 319 Å². The highest BCUT2D eigenvalue weighted by Gasteiger charge is 2.49. The summed E-state index contributed by atoms with van der Waals surface area (Å²) in [5, 5.41) is 23.4. The third-order valence-electron chi connectivity index (χ3n) is 9.41. The fraction of sp³-hybridized carbons (Fsp3) is 0.167. The van der Waals surface area contributed by atoms with Gasteiger partial charge in [-0.1, -0.05) is 108 Å². The van der Waals surface area contributed by atoms with Crippen molar-refractivity contribution >= 4 is 62.1 Å². The van der Waals surface area contributed by atoms with Gasteiger partial charge in [-0.05, 0) is 72.0 Å². The number of ketones is 1. The highest BCUT2D eigenvalue weighted by Crippen LogP contribution is 2.46. The fourth-order valence-electron chi connectivity index (χ4n) is 6.75. The maximum Gasteiger partial charge on any atom is 0.301 e. The molecule has 0 saturated carbocycles. The third-order valence-corrected chi connectivity index (χ3v) is 11.5. The summed E-state index contributed by atoms with van der Waals surface area (Å²) in [4.78, 5) is 34.3. The Morgan fingerprint density at radius 2 is 1.69 bits per heavy atom. The minimum Gasteiger partial charge on any atom is -0.505 e. The minimum atomic E-state index is -1.07. The van der Waals surface area contributed by atoms with Crippen molar-refractivity contribution in [1.29, 1.82) is 0 Å². The Bertz CT molecular complexity index is 2580. The summed E-state index contributed by atoms with van der Waals surface area (Å²) in [7, 11) is 0. The molecule has 8 rings (SSSR count). The number of hydrogen-bond acceptors (Lipinski definition) is 10. The van der Waals surface area contributed by atoms with Crippen LogP contribution in [-0.2, 0) is 21.9 Å². The first-order chi connectivity index (χ1) is 26.3. The summed E-state index contributed by atoms with van der Waals surface area (Å²) in [6.45, 7) is 6.27. The number of carbonyl (C=O) groups is 2. The average Bonchev–Trinajstić information content (AvgIpc) is 3.88. The molecule has 1 amide bonds. The van der Waals surface area contributed by atoms with Gasteiger partial charge in [0.25, 0.3) is 5.78 Å². The van der Waals surface area contributed by atoms with Gasteiger partial charge in [0.15, 0.2) is 21.6 Å². The summed E-state index contributed by atoms with van der Waals surface area (Å²) in [6.07, 6.45) is 1.85.